The van der Waals surface area contributed by atoms with E-state index in [4.69, 9.17) is 9.47 Å². The van der Waals surface area contributed by atoms with Gasteiger partial charge in [-0.3, -0.25) is 9.69 Å². The van der Waals surface area contributed by atoms with Crippen LogP contribution < -0.4 is 4.74 Å². The summed E-state index contributed by atoms with van der Waals surface area (Å²) in [7, 11) is -2.13. The van der Waals surface area contributed by atoms with E-state index < -0.39 is 22.2 Å². The molecule has 0 aromatic heterocycles. The van der Waals surface area contributed by atoms with E-state index in [-0.39, 0.29) is 35.6 Å². The number of ether oxygens (including phenoxy) is 2. The zero-order valence-electron chi connectivity index (χ0n) is 20.5. The first kappa shape index (κ1) is 26.6. The topological polar surface area (TPSA) is 99.6 Å². The molecular formula is C24H37N3O6S. The standard InChI is InChI=1S/C24H37N3O6S/c1-5-6-20-7-8-23-21(13-20)33-22(18(2)14-27(19(3)17-28)34(23,30)31)15-25(4)24(29)16-26-9-11-32-12-10-26/h5-8,13,18-19,22,28H,9-12,14-17H2,1-4H3/b6-5+/t18-,19-,22-/m1/s1. The molecule has 3 rings (SSSR count). The lowest BCUT2D eigenvalue weighted by Gasteiger charge is -2.38. The molecule has 2 aliphatic heterocycles. The maximum absolute atomic E-state index is 13.5. The predicted octanol–water partition coefficient (Wildman–Crippen LogP) is 1.28. The number of rotatable bonds is 7. The lowest BCUT2D eigenvalue weighted by Crippen LogP contribution is -2.51. The Bertz CT molecular complexity index is 977. The molecule has 0 radical (unpaired) electrons. The lowest BCUT2D eigenvalue weighted by molar-refractivity contribution is -0.133. The SMILES string of the molecule is C/C=C/c1ccc2c(c1)O[C@H](CN(C)C(=O)CN1CCOCC1)[C@H](C)CN([C@H](C)CO)S2(=O)=O. The van der Waals surface area contributed by atoms with E-state index in [0.29, 0.717) is 26.3 Å². The third-order valence-electron chi connectivity index (χ3n) is 6.39. The summed E-state index contributed by atoms with van der Waals surface area (Å²) in [6.45, 7) is 8.70. The van der Waals surface area contributed by atoms with Gasteiger partial charge in [0.25, 0.3) is 0 Å². The summed E-state index contributed by atoms with van der Waals surface area (Å²) in [5.74, 6) is 0.0214. The van der Waals surface area contributed by atoms with Gasteiger partial charge >= 0.3 is 0 Å². The molecule has 0 unspecified atom stereocenters. The van der Waals surface area contributed by atoms with Gasteiger partial charge in [0.1, 0.15) is 16.7 Å². The molecule has 0 aliphatic carbocycles. The summed E-state index contributed by atoms with van der Waals surface area (Å²) in [6.07, 6.45) is 3.32. The Morgan fingerprint density at radius 3 is 2.68 bits per heavy atom. The van der Waals surface area contributed by atoms with E-state index in [1.807, 2.05) is 26.0 Å². The number of morpholine rings is 1. The lowest BCUT2D eigenvalue weighted by atomic mass is 10.0. The van der Waals surface area contributed by atoms with Gasteiger partial charge in [-0.25, -0.2) is 8.42 Å². The number of aliphatic hydroxyl groups is 1. The Balaban J connectivity index is 1.89. The summed E-state index contributed by atoms with van der Waals surface area (Å²) >= 11 is 0. The highest BCUT2D eigenvalue weighted by Gasteiger charge is 2.38. The smallest absolute Gasteiger partial charge is 0.247 e. The van der Waals surface area contributed by atoms with Crippen LogP contribution >= 0.6 is 0 Å². The summed E-state index contributed by atoms with van der Waals surface area (Å²) in [4.78, 5) is 16.7. The van der Waals surface area contributed by atoms with Crippen LogP contribution in [0, 0.1) is 5.92 Å². The van der Waals surface area contributed by atoms with Crippen LogP contribution in [0.5, 0.6) is 5.75 Å². The van der Waals surface area contributed by atoms with Crippen LogP contribution in [0.4, 0.5) is 0 Å². The Hall–Kier alpha value is -1.98. The Morgan fingerprint density at radius 2 is 2.03 bits per heavy atom. The van der Waals surface area contributed by atoms with Crippen molar-refractivity contribution in [3.05, 3.63) is 29.8 Å². The van der Waals surface area contributed by atoms with Crippen molar-refractivity contribution < 1.29 is 27.8 Å². The Kier molecular flexibility index (Phi) is 9.11. The number of carbonyl (C=O) groups excluding carboxylic acids is 1. The van der Waals surface area contributed by atoms with E-state index in [9.17, 15) is 18.3 Å². The third kappa shape index (κ3) is 6.17. The fraction of sp³-hybridized carbons (Fsp3) is 0.625. The number of nitrogens with zero attached hydrogens (tertiary/aromatic N) is 3. The van der Waals surface area contributed by atoms with Gasteiger partial charge < -0.3 is 19.5 Å². The maximum Gasteiger partial charge on any atom is 0.247 e. The van der Waals surface area contributed by atoms with Crippen LogP contribution in [0.2, 0.25) is 0 Å². The average molecular weight is 496 g/mol. The number of benzene rings is 1. The largest absolute Gasteiger partial charge is 0.487 e. The number of carbonyl (C=O) groups is 1. The second kappa shape index (κ2) is 11.6. The molecule has 0 saturated carbocycles. The molecule has 1 fully saturated rings. The Morgan fingerprint density at radius 1 is 1.32 bits per heavy atom. The first-order chi connectivity index (χ1) is 16.2. The summed E-state index contributed by atoms with van der Waals surface area (Å²) in [5, 5.41) is 9.76. The van der Waals surface area contributed by atoms with E-state index in [0.717, 1.165) is 18.7 Å². The zero-order valence-corrected chi connectivity index (χ0v) is 21.3. The number of amides is 1. The fourth-order valence-electron chi connectivity index (χ4n) is 4.20. The van der Waals surface area contributed by atoms with E-state index in [1.54, 1.807) is 37.1 Å². The van der Waals surface area contributed by atoms with Gasteiger partial charge in [0.2, 0.25) is 15.9 Å². The van der Waals surface area contributed by atoms with Crippen molar-refractivity contribution >= 4 is 22.0 Å². The van der Waals surface area contributed by atoms with Crippen molar-refractivity contribution in [2.75, 3.05) is 59.6 Å². The number of allylic oxidation sites excluding steroid dienone is 1. The van der Waals surface area contributed by atoms with Crippen molar-refractivity contribution in [3.63, 3.8) is 0 Å². The van der Waals surface area contributed by atoms with Crippen molar-refractivity contribution in [1.29, 1.82) is 0 Å². The molecule has 190 valence electrons. The second-order valence-corrected chi connectivity index (χ2v) is 11.0. The van der Waals surface area contributed by atoms with Gasteiger partial charge in [0.15, 0.2) is 0 Å². The normalized spacial score (nSPS) is 24.6. The first-order valence-corrected chi connectivity index (χ1v) is 13.2. The molecule has 0 bridgehead atoms. The predicted molar refractivity (Wildman–Crippen MR) is 130 cm³/mol. The van der Waals surface area contributed by atoms with Crippen molar-refractivity contribution in [2.24, 2.45) is 5.92 Å². The molecule has 2 heterocycles. The van der Waals surface area contributed by atoms with Crippen LogP contribution in [0.25, 0.3) is 6.08 Å². The molecule has 1 aromatic carbocycles. The number of hydrogen-bond acceptors (Lipinski definition) is 7. The summed E-state index contributed by atoms with van der Waals surface area (Å²) < 4.78 is 40.0. The molecule has 2 aliphatic rings. The molecule has 34 heavy (non-hydrogen) atoms. The van der Waals surface area contributed by atoms with Crippen LogP contribution in [-0.2, 0) is 19.6 Å². The number of aliphatic hydroxyl groups excluding tert-OH is 1. The molecular weight excluding hydrogens is 458 g/mol. The number of fused-ring (bicyclic) bond motifs is 1. The van der Waals surface area contributed by atoms with Gasteiger partial charge in [0.05, 0.1) is 32.9 Å². The molecule has 10 heteroatoms. The number of sulfonamides is 1. The van der Waals surface area contributed by atoms with Gasteiger partial charge in [0, 0.05) is 38.6 Å². The Labute approximate surface area is 203 Å². The first-order valence-electron chi connectivity index (χ1n) is 11.8. The monoisotopic (exact) mass is 495 g/mol. The van der Waals surface area contributed by atoms with Gasteiger partial charge in [-0.15, -0.1) is 0 Å². The van der Waals surface area contributed by atoms with E-state index in [2.05, 4.69) is 4.90 Å². The molecule has 1 saturated heterocycles. The highest BCUT2D eigenvalue weighted by molar-refractivity contribution is 7.89. The van der Waals surface area contributed by atoms with Crippen molar-refractivity contribution in [3.8, 4) is 5.75 Å². The van der Waals surface area contributed by atoms with Gasteiger partial charge in [-0.05, 0) is 31.5 Å². The molecule has 1 amide bonds. The minimum absolute atomic E-state index is 0.0177. The molecule has 1 aromatic rings. The zero-order chi connectivity index (χ0) is 24.9. The minimum atomic E-state index is -3.88. The van der Waals surface area contributed by atoms with Gasteiger partial charge in [-0.2, -0.15) is 4.31 Å². The summed E-state index contributed by atoms with van der Waals surface area (Å²) in [6, 6.07) is 4.42. The quantitative estimate of drug-likeness (QED) is 0.608. The van der Waals surface area contributed by atoms with Crippen molar-refractivity contribution in [2.45, 2.75) is 37.8 Å². The van der Waals surface area contributed by atoms with E-state index in [1.165, 1.54) is 4.31 Å². The van der Waals surface area contributed by atoms with Crippen LogP contribution in [0.15, 0.2) is 29.2 Å². The van der Waals surface area contributed by atoms with Crippen molar-refractivity contribution in [1.82, 2.24) is 14.1 Å². The maximum atomic E-state index is 13.5. The summed E-state index contributed by atoms with van der Waals surface area (Å²) in [5.41, 5.74) is 0.821. The molecule has 0 spiro atoms. The highest BCUT2D eigenvalue weighted by Crippen LogP contribution is 2.34. The van der Waals surface area contributed by atoms with E-state index >= 15 is 0 Å². The second-order valence-electron chi connectivity index (χ2n) is 9.11. The number of likely N-dealkylation sites (N-methyl/N-ethyl adjacent to an activating group) is 1. The molecule has 9 nitrogen and oxygen atoms in total. The highest BCUT2D eigenvalue weighted by atomic mass is 32.2. The molecule has 3 atom stereocenters. The number of hydrogen-bond donors (Lipinski definition) is 1. The minimum Gasteiger partial charge on any atom is -0.487 e. The fourth-order valence-corrected chi connectivity index (χ4v) is 6.02. The molecule has 1 N–H and O–H groups in total. The third-order valence-corrected chi connectivity index (χ3v) is 8.41. The van der Waals surface area contributed by atoms with Crippen LogP contribution in [0.1, 0.15) is 26.3 Å². The van der Waals surface area contributed by atoms with Gasteiger partial charge in [-0.1, -0.05) is 25.1 Å². The van der Waals surface area contributed by atoms with Crippen LogP contribution in [0.3, 0.4) is 0 Å². The van der Waals surface area contributed by atoms with Crippen LogP contribution in [-0.4, -0.2) is 105 Å². The average Bonchev–Trinajstić information content (AvgIpc) is 2.81.